The molecule has 4 rings (SSSR count). The van der Waals surface area contributed by atoms with E-state index in [1.165, 1.54) is 17.5 Å². The van der Waals surface area contributed by atoms with Crippen molar-refractivity contribution in [3.05, 3.63) is 35.0 Å². The van der Waals surface area contributed by atoms with E-state index in [0.717, 1.165) is 25.9 Å². The highest BCUT2D eigenvalue weighted by Crippen LogP contribution is 2.31. The molecular weight excluding hydrogens is 359 g/mol. The van der Waals surface area contributed by atoms with Crippen LogP contribution >= 0.6 is 0 Å². The van der Waals surface area contributed by atoms with E-state index in [1.54, 1.807) is 29.9 Å². The fourth-order valence-electron chi connectivity index (χ4n) is 3.15. The minimum Gasteiger partial charge on any atom is -0.340 e. The number of hydrogen-bond acceptors (Lipinski definition) is 5. The molecule has 0 saturated carbocycles. The summed E-state index contributed by atoms with van der Waals surface area (Å²) in [6.45, 7) is 3.26. The summed E-state index contributed by atoms with van der Waals surface area (Å²) < 4.78 is 41.9. The van der Waals surface area contributed by atoms with Gasteiger partial charge in [0.25, 0.3) is 0 Å². The maximum absolute atomic E-state index is 13.0. The van der Waals surface area contributed by atoms with Gasteiger partial charge in [-0.15, -0.1) is 5.10 Å². The van der Waals surface area contributed by atoms with Gasteiger partial charge in [0.1, 0.15) is 0 Å². The number of fused-ring (bicyclic) bond motifs is 1. The van der Waals surface area contributed by atoms with Gasteiger partial charge in [0.05, 0.1) is 11.4 Å². The van der Waals surface area contributed by atoms with Crippen LogP contribution in [0.5, 0.6) is 0 Å². The Morgan fingerprint density at radius 2 is 1.78 bits per heavy atom. The van der Waals surface area contributed by atoms with Crippen LogP contribution in [-0.4, -0.2) is 42.5 Å². The minimum absolute atomic E-state index is 0.0391. The molecule has 0 N–H and O–H groups in total. The van der Waals surface area contributed by atoms with Gasteiger partial charge in [-0.05, 0) is 44.1 Å². The number of imidazole rings is 1. The summed E-state index contributed by atoms with van der Waals surface area (Å²) in [7, 11) is 1.80. The molecule has 0 aliphatic carbocycles. The third-order valence-corrected chi connectivity index (χ3v) is 4.57. The van der Waals surface area contributed by atoms with Crippen LogP contribution in [0.15, 0.2) is 12.1 Å². The van der Waals surface area contributed by atoms with Crippen LogP contribution in [-0.2, 0) is 13.2 Å². The van der Waals surface area contributed by atoms with Crippen molar-refractivity contribution in [2.75, 3.05) is 18.0 Å². The number of hydrogen-bond donors (Lipinski definition) is 0. The summed E-state index contributed by atoms with van der Waals surface area (Å²) in [4.78, 5) is 10.3. The molecular formula is C17H18F3N7. The first kappa shape index (κ1) is 17.5. The molecule has 1 fully saturated rings. The normalized spacial score (nSPS) is 15.5. The maximum Gasteiger partial charge on any atom is 0.435 e. The van der Waals surface area contributed by atoms with E-state index in [9.17, 15) is 13.2 Å². The van der Waals surface area contributed by atoms with Gasteiger partial charge in [0, 0.05) is 20.1 Å². The molecule has 3 aromatic heterocycles. The number of anilines is 1. The van der Waals surface area contributed by atoms with E-state index in [1.807, 2.05) is 0 Å². The van der Waals surface area contributed by atoms with Crippen molar-refractivity contribution in [2.45, 2.75) is 25.9 Å². The Kier molecular flexibility index (Phi) is 4.12. The largest absolute Gasteiger partial charge is 0.435 e. The molecule has 1 aliphatic rings. The van der Waals surface area contributed by atoms with Gasteiger partial charge < -0.3 is 4.90 Å². The van der Waals surface area contributed by atoms with Crippen molar-refractivity contribution in [3.8, 4) is 0 Å². The van der Waals surface area contributed by atoms with Crippen LogP contribution < -0.4 is 4.90 Å². The highest BCUT2D eigenvalue weighted by atomic mass is 19.4. The van der Waals surface area contributed by atoms with E-state index in [0.29, 0.717) is 17.5 Å². The predicted octanol–water partition coefficient (Wildman–Crippen LogP) is 2.96. The number of aryl methyl sites for hydroxylation is 2. The Hall–Kier alpha value is -2.91. The molecule has 1 aliphatic heterocycles. The van der Waals surface area contributed by atoms with Crippen molar-refractivity contribution in [1.82, 2.24) is 29.4 Å². The summed E-state index contributed by atoms with van der Waals surface area (Å²) in [6.07, 6.45) is 1.22. The molecule has 27 heavy (non-hydrogen) atoms. The second-order valence-electron chi connectivity index (χ2n) is 6.49. The molecule has 1 saturated heterocycles. The first-order chi connectivity index (χ1) is 12.8. The molecule has 10 heteroatoms. The van der Waals surface area contributed by atoms with Gasteiger partial charge in [-0.1, -0.05) is 0 Å². The standard InChI is InChI=1S/C17H18F3N7/c1-11-15(17(18,19)20)21-14-8-6-12(23-27(11)14)5-7-13-22-16(24-25(13)2)26-9-3-4-10-26/h5-8H,3-4,9-10H2,1-2H3/b7-5+. The molecule has 0 aromatic carbocycles. The lowest BCUT2D eigenvalue weighted by molar-refractivity contribution is -0.141. The van der Waals surface area contributed by atoms with Crippen LogP contribution in [0, 0.1) is 6.92 Å². The number of alkyl halides is 3. The first-order valence-electron chi connectivity index (χ1n) is 8.60. The lowest BCUT2D eigenvalue weighted by Gasteiger charge is -2.10. The molecule has 0 amide bonds. The van der Waals surface area contributed by atoms with Gasteiger partial charge in [0.15, 0.2) is 17.2 Å². The van der Waals surface area contributed by atoms with E-state index in [-0.39, 0.29) is 11.3 Å². The molecule has 7 nitrogen and oxygen atoms in total. The monoisotopic (exact) mass is 377 g/mol. The third kappa shape index (κ3) is 3.26. The van der Waals surface area contributed by atoms with E-state index in [4.69, 9.17) is 0 Å². The van der Waals surface area contributed by atoms with Crippen LogP contribution in [0.3, 0.4) is 0 Å². The number of halogens is 3. The molecule has 0 bridgehead atoms. The van der Waals surface area contributed by atoms with Crippen LogP contribution in [0.25, 0.3) is 17.8 Å². The Labute approximate surface area is 153 Å². The minimum atomic E-state index is -4.50. The van der Waals surface area contributed by atoms with Gasteiger partial charge >= 0.3 is 6.18 Å². The first-order valence-corrected chi connectivity index (χ1v) is 8.60. The van der Waals surface area contributed by atoms with Gasteiger partial charge in [0.2, 0.25) is 5.95 Å². The molecule has 0 radical (unpaired) electrons. The van der Waals surface area contributed by atoms with Crippen molar-refractivity contribution >= 4 is 23.7 Å². The van der Waals surface area contributed by atoms with Gasteiger partial charge in [-0.3, -0.25) is 0 Å². The Morgan fingerprint density at radius 1 is 1.04 bits per heavy atom. The summed E-state index contributed by atoms with van der Waals surface area (Å²) in [5.41, 5.74) is -0.295. The fraction of sp³-hybridized carbons (Fsp3) is 0.412. The van der Waals surface area contributed by atoms with Crippen LogP contribution in [0.2, 0.25) is 0 Å². The lowest BCUT2D eigenvalue weighted by atomic mass is 10.3. The van der Waals surface area contributed by atoms with Crippen molar-refractivity contribution in [1.29, 1.82) is 0 Å². The number of aromatic nitrogens is 6. The third-order valence-electron chi connectivity index (χ3n) is 4.57. The topological polar surface area (TPSA) is 64.1 Å². The van der Waals surface area contributed by atoms with Crippen molar-refractivity contribution in [2.24, 2.45) is 7.05 Å². The van der Waals surface area contributed by atoms with Crippen molar-refractivity contribution in [3.63, 3.8) is 0 Å². The zero-order valence-electron chi connectivity index (χ0n) is 14.9. The van der Waals surface area contributed by atoms with Crippen molar-refractivity contribution < 1.29 is 13.2 Å². The molecule has 0 unspecified atom stereocenters. The highest BCUT2D eigenvalue weighted by molar-refractivity contribution is 5.65. The van der Waals surface area contributed by atoms with E-state index in [2.05, 4.69) is 25.1 Å². The number of rotatable bonds is 3. The van der Waals surface area contributed by atoms with Crippen LogP contribution in [0.1, 0.15) is 35.7 Å². The zero-order chi connectivity index (χ0) is 19.2. The summed E-state index contributed by atoms with van der Waals surface area (Å²) in [6, 6.07) is 3.14. The molecule has 0 atom stereocenters. The van der Waals surface area contributed by atoms with Crippen LogP contribution in [0.4, 0.5) is 19.1 Å². The SMILES string of the molecule is Cc1c(C(F)(F)F)nc2ccc(/C=C/c3nc(N4CCCC4)nn3C)nn12. The van der Waals surface area contributed by atoms with Gasteiger partial charge in [-0.25, -0.2) is 14.2 Å². The zero-order valence-corrected chi connectivity index (χ0v) is 14.9. The average molecular weight is 377 g/mol. The summed E-state index contributed by atoms with van der Waals surface area (Å²) >= 11 is 0. The molecule has 4 heterocycles. The Bertz CT molecular complexity index is 1010. The molecule has 142 valence electrons. The Balaban J connectivity index is 1.62. The predicted molar refractivity (Wildman–Crippen MR) is 94.1 cm³/mol. The lowest BCUT2D eigenvalue weighted by Crippen LogP contribution is -2.19. The smallest absolute Gasteiger partial charge is 0.340 e. The quantitative estimate of drug-likeness (QED) is 0.702. The average Bonchev–Trinajstić information content (AvgIpc) is 3.32. The number of nitrogens with zero attached hydrogens (tertiary/aromatic N) is 7. The highest BCUT2D eigenvalue weighted by Gasteiger charge is 2.36. The maximum atomic E-state index is 13.0. The van der Waals surface area contributed by atoms with E-state index >= 15 is 0 Å². The molecule has 3 aromatic rings. The summed E-state index contributed by atoms with van der Waals surface area (Å²) in [5, 5.41) is 8.66. The summed E-state index contributed by atoms with van der Waals surface area (Å²) in [5.74, 6) is 1.34. The van der Waals surface area contributed by atoms with Gasteiger partial charge in [-0.2, -0.15) is 23.3 Å². The second-order valence-corrected chi connectivity index (χ2v) is 6.49. The second kappa shape index (κ2) is 6.36. The van der Waals surface area contributed by atoms with E-state index < -0.39 is 11.9 Å². The fourth-order valence-corrected chi connectivity index (χ4v) is 3.15. The Morgan fingerprint density at radius 3 is 2.48 bits per heavy atom. The molecule has 0 spiro atoms.